The molecule has 3 aromatic rings. The Morgan fingerprint density at radius 2 is 1.61 bits per heavy atom. The third-order valence-corrected chi connectivity index (χ3v) is 4.46. The summed E-state index contributed by atoms with van der Waals surface area (Å²) in [4.78, 5) is 14.5. The molecule has 0 aliphatic heterocycles. The highest BCUT2D eigenvalue weighted by Crippen LogP contribution is 2.20. The molecule has 0 saturated carbocycles. The van der Waals surface area contributed by atoms with E-state index in [1.54, 1.807) is 12.1 Å². The zero-order chi connectivity index (χ0) is 19.8. The fourth-order valence-electron chi connectivity index (χ4n) is 2.88. The molecule has 0 radical (unpaired) electrons. The Morgan fingerprint density at radius 3 is 2.21 bits per heavy atom. The van der Waals surface area contributed by atoms with Gasteiger partial charge in [0.2, 0.25) is 0 Å². The Bertz CT molecular complexity index is 875. The van der Waals surface area contributed by atoms with Crippen LogP contribution in [0.15, 0.2) is 66.7 Å². The molecule has 0 atom stereocenters. The fourth-order valence-corrected chi connectivity index (χ4v) is 2.88. The van der Waals surface area contributed by atoms with Crippen molar-refractivity contribution in [2.45, 2.75) is 20.4 Å². The molecule has 28 heavy (non-hydrogen) atoms. The van der Waals surface area contributed by atoms with E-state index < -0.39 is 0 Å². The van der Waals surface area contributed by atoms with Gasteiger partial charge in [0.1, 0.15) is 0 Å². The summed E-state index contributed by atoms with van der Waals surface area (Å²) in [7, 11) is 0. The van der Waals surface area contributed by atoms with E-state index in [0.29, 0.717) is 18.1 Å². The summed E-state index contributed by atoms with van der Waals surface area (Å²) in [5.41, 5.74) is 3.44. The van der Waals surface area contributed by atoms with Crippen molar-refractivity contribution in [3.05, 3.63) is 78.0 Å². The summed E-state index contributed by atoms with van der Waals surface area (Å²) in [5, 5.41) is 14.2. The minimum atomic E-state index is -0.244. The molecule has 6 heteroatoms. The summed E-state index contributed by atoms with van der Waals surface area (Å²) >= 11 is 0. The molecule has 0 aliphatic carbocycles. The number of benzene rings is 2. The highest BCUT2D eigenvalue weighted by molar-refractivity contribution is 5.92. The Hall–Kier alpha value is -3.41. The number of rotatable bonds is 8. The Morgan fingerprint density at radius 1 is 0.893 bits per heavy atom. The van der Waals surface area contributed by atoms with Gasteiger partial charge in [-0.3, -0.25) is 4.79 Å². The van der Waals surface area contributed by atoms with Gasteiger partial charge in [0.15, 0.2) is 11.5 Å². The number of nitrogens with one attached hydrogen (secondary N) is 2. The molecule has 2 N–H and O–H groups in total. The molecule has 3 rings (SSSR count). The molecule has 0 spiro atoms. The number of carbonyl (C=O) groups is 1. The van der Waals surface area contributed by atoms with E-state index in [1.165, 1.54) is 5.69 Å². The van der Waals surface area contributed by atoms with Crippen molar-refractivity contribution in [1.82, 2.24) is 15.5 Å². The van der Waals surface area contributed by atoms with Crippen LogP contribution in [-0.4, -0.2) is 29.2 Å². The van der Waals surface area contributed by atoms with Gasteiger partial charge in [0.25, 0.3) is 5.91 Å². The first-order valence-electron chi connectivity index (χ1n) is 9.47. The number of hydrogen-bond donors (Lipinski definition) is 2. The fraction of sp³-hybridized carbons (Fsp3) is 0.227. The smallest absolute Gasteiger partial charge is 0.272 e. The van der Waals surface area contributed by atoms with E-state index in [4.69, 9.17) is 0 Å². The predicted octanol–water partition coefficient (Wildman–Crippen LogP) is 4.00. The van der Waals surface area contributed by atoms with Crippen molar-refractivity contribution < 1.29 is 4.79 Å². The second-order valence-electron chi connectivity index (χ2n) is 6.32. The molecule has 6 nitrogen and oxygen atoms in total. The molecule has 0 bridgehead atoms. The van der Waals surface area contributed by atoms with Crippen LogP contribution in [0.5, 0.6) is 0 Å². The van der Waals surface area contributed by atoms with Gasteiger partial charge in [-0.05, 0) is 55.8 Å². The van der Waals surface area contributed by atoms with Gasteiger partial charge in [0, 0.05) is 31.0 Å². The van der Waals surface area contributed by atoms with Crippen molar-refractivity contribution in [3.63, 3.8) is 0 Å². The van der Waals surface area contributed by atoms with Gasteiger partial charge in [-0.2, -0.15) is 0 Å². The van der Waals surface area contributed by atoms with Crippen LogP contribution in [0.3, 0.4) is 0 Å². The predicted molar refractivity (Wildman–Crippen MR) is 113 cm³/mol. The quantitative estimate of drug-likeness (QED) is 0.623. The van der Waals surface area contributed by atoms with Gasteiger partial charge < -0.3 is 15.5 Å². The lowest BCUT2D eigenvalue weighted by Crippen LogP contribution is -2.24. The second kappa shape index (κ2) is 9.50. The van der Waals surface area contributed by atoms with E-state index in [1.807, 2.05) is 42.5 Å². The van der Waals surface area contributed by atoms with Crippen LogP contribution in [-0.2, 0) is 6.54 Å². The third kappa shape index (κ3) is 5.07. The van der Waals surface area contributed by atoms with Crippen LogP contribution in [0.1, 0.15) is 29.9 Å². The monoisotopic (exact) mass is 375 g/mol. The van der Waals surface area contributed by atoms with Crippen LogP contribution in [0.4, 0.5) is 17.2 Å². The van der Waals surface area contributed by atoms with E-state index in [0.717, 1.165) is 24.3 Å². The van der Waals surface area contributed by atoms with E-state index in [2.05, 4.69) is 51.7 Å². The Balaban J connectivity index is 1.57. The molecule has 1 amide bonds. The molecule has 2 aromatic carbocycles. The minimum Gasteiger partial charge on any atom is -0.372 e. The van der Waals surface area contributed by atoms with Crippen molar-refractivity contribution in [2.75, 3.05) is 23.3 Å². The zero-order valence-electron chi connectivity index (χ0n) is 16.2. The first-order valence-corrected chi connectivity index (χ1v) is 9.47. The Kier molecular flexibility index (Phi) is 6.57. The summed E-state index contributed by atoms with van der Waals surface area (Å²) in [5.74, 6) is 0.349. The summed E-state index contributed by atoms with van der Waals surface area (Å²) in [6.07, 6.45) is 0. The van der Waals surface area contributed by atoms with Crippen molar-refractivity contribution in [2.24, 2.45) is 0 Å². The summed E-state index contributed by atoms with van der Waals surface area (Å²) in [6, 6.07) is 21.3. The zero-order valence-corrected chi connectivity index (χ0v) is 16.2. The van der Waals surface area contributed by atoms with E-state index >= 15 is 0 Å². The normalized spacial score (nSPS) is 10.4. The second-order valence-corrected chi connectivity index (χ2v) is 6.32. The van der Waals surface area contributed by atoms with Crippen molar-refractivity contribution in [1.29, 1.82) is 0 Å². The number of hydrogen-bond acceptors (Lipinski definition) is 5. The van der Waals surface area contributed by atoms with Crippen LogP contribution in [0.2, 0.25) is 0 Å². The maximum Gasteiger partial charge on any atom is 0.272 e. The Labute approximate surface area is 165 Å². The first kappa shape index (κ1) is 19.4. The lowest BCUT2D eigenvalue weighted by Gasteiger charge is -2.21. The van der Waals surface area contributed by atoms with Gasteiger partial charge in [0.05, 0.1) is 0 Å². The average Bonchev–Trinajstić information content (AvgIpc) is 2.75. The average molecular weight is 375 g/mol. The van der Waals surface area contributed by atoms with Gasteiger partial charge >= 0.3 is 0 Å². The molecule has 144 valence electrons. The summed E-state index contributed by atoms with van der Waals surface area (Å²) in [6.45, 7) is 6.69. The van der Waals surface area contributed by atoms with Crippen LogP contribution >= 0.6 is 0 Å². The highest BCUT2D eigenvalue weighted by atomic mass is 16.1. The van der Waals surface area contributed by atoms with E-state index in [-0.39, 0.29) is 5.91 Å². The molecule has 1 heterocycles. The molecular formula is C22H25N5O. The van der Waals surface area contributed by atoms with Crippen molar-refractivity contribution >= 4 is 23.1 Å². The first-order chi connectivity index (χ1) is 13.7. The van der Waals surface area contributed by atoms with E-state index in [9.17, 15) is 4.79 Å². The lowest BCUT2D eigenvalue weighted by molar-refractivity contribution is 0.0945. The van der Waals surface area contributed by atoms with Gasteiger partial charge in [-0.15, -0.1) is 10.2 Å². The van der Waals surface area contributed by atoms with Crippen LogP contribution in [0.25, 0.3) is 0 Å². The number of anilines is 3. The number of amides is 1. The highest BCUT2D eigenvalue weighted by Gasteiger charge is 2.08. The number of nitrogens with zero attached hydrogens (tertiary/aromatic N) is 3. The standard InChI is InChI=1S/C22H25N5O/c1-3-27(4-2)19-12-10-18(11-13-19)24-21-15-14-20(25-26-21)22(28)23-16-17-8-6-5-7-9-17/h5-15H,3-4,16H2,1-2H3,(H,23,28)(H,24,26). The van der Waals surface area contributed by atoms with Crippen molar-refractivity contribution in [3.8, 4) is 0 Å². The minimum absolute atomic E-state index is 0.244. The maximum absolute atomic E-state index is 12.2. The number of aromatic nitrogens is 2. The largest absolute Gasteiger partial charge is 0.372 e. The topological polar surface area (TPSA) is 70.2 Å². The lowest BCUT2D eigenvalue weighted by atomic mass is 10.2. The summed E-state index contributed by atoms with van der Waals surface area (Å²) < 4.78 is 0. The maximum atomic E-state index is 12.2. The molecule has 0 fully saturated rings. The molecule has 0 saturated heterocycles. The molecule has 0 aliphatic rings. The molecular weight excluding hydrogens is 350 g/mol. The number of carbonyl (C=O) groups excluding carboxylic acids is 1. The SMILES string of the molecule is CCN(CC)c1ccc(Nc2ccc(C(=O)NCc3ccccc3)nn2)cc1. The molecule has 1 aromatic heterocycles. The van der Waals surface area contributed by atoms with Gasteiger partial charge in [-0.1, -0.05) is 30.3 Å². The molecule has 0 unspecified atom stereocenters. The third-order valence-electron chi connectivity index (χ3n) is 4.46. The van der Waals surface area contributed by atoms with Crippen LogP contribution in [0, 0.1) is 0 Å². The van der Waals surface area contributed by atoms with Gasteiger partial charge in [-0.25, -0.2) is 0 Å². The van der Waals surface area contributed by atoms with Crippen LogP contribution < -0.4 is 15.5 Å².